The third-order valence-electron chi connectivity index (χ3n) is 1.52. The van der Waals surface area contributed by atoms with Crippen molar-refractivity contribution in [3.63, 3.8) is 0 Å². The monoisotopic (exact) mass is 348 g/mol. The number of aromatic nitrogens is 1. The Balaban J connectivity index is 3.32. The Morgan fingerprint density at radius 3 is 2.56 bits per heavy atom. The Bertz CT molecular complexity index is 436. The fraction of sp³-hybridized carbons (Fsp3) is 0.286. The van der Waals surface area contributed by atoms with Gasteiger partial charge in [0.25, 0.3) is 0 Å². The molecule has 88 valence electrons. The molecule has 0 atom stereocenters. The summed E-state index contributed by atoms with van der Waals surface area (Å²) in [7, 11) is 0. The molecule has 0 aliphatic carbocycles. The first-order valence-electron chi connectivity index (χ1n) is 3.77. The normalized spacial score (nSPS) is 11.3. The Kier molecular flexibility index (Phi) is 3.55. The van der Waals surface area contributed by atoms with Crippen LogP contribution < -0.4 is 4.74 Å². The summed E-state index contributed by atoms with van der Waals surface area (Å²) < 4.78 is 39.7. The molecule has 0 bridgehead atoms. The highest BCUT2D eigenvalue weighted by molar-refractivity contribution is 14.1. The van der Waals surface area contributed by atoms with E-state index in [2.05, 4.69) is 9.72 Å². The second kappa shape index (κ2) is 4.39. The molecule has 0 saturated carbocycles. The first kappa shape index (κ1) is 12.9. The van der Waals surface area contributed by atoms with Crippen LogP contribution in [0.5, 0.6) is 5.75 Å². The molecule has 0 N–H and O–H groups in total. The number of aryl methyl sites for hydroxylation is 1. The highest BCUT2D eigenvalue weighted by Gasteiger charge is 2.36. The third kappa shape index (κ3) is 2.93. The fourth-order valence-corrected chi connectivity index (χ4v) is 1.38. The van der Waals surface area contributed by atoms with Crippen molar-refractivity contribution in [1.29, 1.82) is 0 Å². The van der Waals surface area contributed by atoms with Crippen LogP contribution in [-0.4, -0.2) is 16.3 Å². The number of nitrogens with zero attached hydrogens (tertiary/aromatic N) is 2. The molecule has 0 aromatic carbocycles. The van der Waals surface area contributed by atoms with E-state index in [1.54, 1.807) is 0 Å². The van der Waals surface area contributed by atoms with Crippen molar-refractivity contribution in [2.24, 2.45) is 0 Å². The molecule has 1 aromatic rings. The lowest BCUT2D eigenvalue weighted by Crippen LogP contribution is -2.19. The van der Waals surface area contributed by atoms with E-state index in [1.165, 1.54) is 29.5 Å². The van der Waals surface area contributed by atoms with Crippen LogP contribution in [0.15, 0.2) is 6.20 Å². The first-order chi connectivity index (χ1) is 7.22. The summed E-state index contributed by atoms with van der Waals surface area (Å²) >= 11 is 1.53. The maximum atomic E-state index is 12.0. The predicted molar refractivity (Wildman–Crippen MR) is 55.0 cm³/mol. The maximum Gasteiger partial charge on any atom is 0.573 e. The van der Waals surface area contributed by atoms with Gasteiger partial charge >= 0.3 is 12.2 Å². The molecule has 1 rings (SSSR count). The van der Waals surface area contributed by atoms with Crippen molar-refractivity contribution >= 4 is 28.4 Å². The SMILES string of the molecule is Cc1cnc([N+](=O)[O-])c(OC(F)(F)F)c1I. The molecule has 0 unspecified atom stereocenters. The third-order valence-corrected chi connectivity index (χ3v) is 2.86. The second-order valence-corrected chi connectivity index (χ2v) is 3.79. The van der Waals surface area contributed by atoms with Gasteiger partial charge in [-0.05, 0) is 39.4 Å². The molecule has 1 aromatic heterocycles. The van der Waals surface area contributed by atoms with Crippen LogP contribution in [0.25, 0.3) is 0 Å². The number of ether oxygens (including phenoxy) is 1. The standard InChI is InChI=1S/C7H4F3IN2O3/c1-3-2-12-6(13(14)15)5(4(3)11)16-7(8,9)10/h2H,1H3. The van der Waals surface area contributed by atoms with E-state index in [4.69, 9.17) is 0 Å². The van der Waals surface area contributed by atoms with Crippen molar-refractivity contribution < 1.29 is 22.8 Å². The average molecular weight is 348 g/mol. The summed E-state index contributed by atoms with van der Waals surface area (Å²) in [6, 6.07) is 0. The number of pyridine rings is 1. The summed E-state index contributed by atoms with van der Waals surface area (Å²) in [5, 5.41) is 10.5. The number of alkyl halides is 3. The van der Waals surface area contributed by atoms with Gasteiger partial charge in [0, 0.05) is 5.56 Å². The van der Waals surface area contributed by atoms with Gasteiger partial charge in [-0.15, -0.1) is 13.2 Å². The summed E-state index contributed by atoms with van der Waals surface area (Å²) in [5.41, 5.74) is 0.366. The molecule has 9 heteroatoms. The van der Waals surface area contributed by atoms with Crippen LogP contribution in [0.4, 0.5) is 19.0 Å². The van der Waals surface area contributed by atoms with E-state index >= 15 is 0 Å². The molecular weight excluding hydrogens is 344 g/mol. The smallest absolute Gasteiger partial charge is 0.395 e. The Labute approximate surface area is 101 Å². The number of nitro groups is 1. The van der Waals surface area contributed by atoms with E-state index in [0.29, 0.717) is 5.56 Å². The van der Waals surface area contributed by atoms with Gasteiger partial charge in [-0.1, -0.05) is 0 Å². The van der Waals surface area contributed by atoms with Crippen molar-refractivity contribution in [3.8, 4) is 5.75 Å². The molecule has 0 saturated heterocycles. The lowest BCUT2D eigenvalue weighted by Gasteiger charge is -2.10. The van der Waals surface area contributed by atoms with Gasteiger partial charge in [-0.2, -0.15) is 0 Å². The first-order valence-corrected chi connectivity index (χ1v) is 4.85. The highest BCUT2D eigenvalue weighted by atomic mass is 127. The van der Waals surface area contributed by atoms with Gasteiger partial charge in [0.2, 0.25) is 5.75 Å². The Morgan fingerprint density at radius 1 is 1.56 bits per heavy atom. The van der Waals surface area contributed by atoms with Crippen molar-refractivity contribution in [1.82, 2.24) is 4.98 Å². The zero-order valence-corrected chi connectivity index (χ0v) is 9.87. The highest BCUT2D eigenvalue weighted by Crippen LogP contribution is 2.35. The van der Waals surface area contributed by atoms with Crippen molar-refractivity contribution in [2.45, 2.75) is 13.3 Å². The molecule has 0 aliphatic heterocycles. The zero-order valence-electron chi connectivity index (χ0n) is 7.71. The second-order valence-electron chi connectivity index (χ2n) is 2.71. The van der Waals surface area contributed by atoms with Gasteiger partial charge < -0.3 is 14.9 Å². The lowest BCUT2D eigenvalue weighted by atomic mass is 10.3. The molecule has 0 fully saturated rings. The number of rotatable bonds is 2. The number of hydrogen-bond acceptors (Lipinski definition) is 4. The van der Waals surface area contributed by atoms with Crippen LogP contribution in [-0.2, 0) is 0 Å². The Hall–Kier alpha value is -1.13. The quantitative estimate of drug-likeness (QED) is 0.468. The van der Waals surface area contributed by atoms with Crippen molar-refractivity contribution in [2.75, 3.05) is 0 Å². The number of hydrogen-bond donors (Lipinski definition) is 0. The van der Waals surface area contributed by atoms with Crippen molar-refractivity contribution in [3.05, 3.63) is 25.4 Å². The number of halogens is 4. The fourth-order valence-electron chi connectivity index (χ4n) is 0.887. The van der Waals surface area contributed by atoms with Gasteiger partial charge in [-0.25, -0.2) is 0 Å². The summed E-state index contributed by atoms with van der Waals surface area (Å²) in [4.78, 5) is 12.7. The summed E-state index contributed by atoms with van der Waals surface area (Å²) in [6.07, 6.45) is -3.87. The van der Waals surface area contributed by atoms with E-state index in [-0.39, 0.29) is 3.57 Å². The van der Waals surface area contributed by atoms with Crippen LogP contribution in [0, 0.1) is 20.6 Å². The van der Waals surface area contributed by atoms with E-state index in [1.807, 2.05) is 0 Å². The minimum Gasteiger partial charge on any atom is -0.395 e. The van der Waals surface area contributed by atoms with Crippen LogP contribution in [0.2, 0.25) is 0 Å². The molecule has 0 amide bonds. The molecule has 5 nitrogen and oxygen atoms in total. The van der Waals surface area contributed by atoms with E-state index < -0.39 is 22.9 Å². The predicted octanol–water partition coefficient (Wildman–Crippen LogP) is 2.80. The minimum absolute atomic E-state index is 0.0108. The molecule has 0 spiro atoms. The van der Waals surface area contributed by atoms with Gasteiger partial charge in [0.05, 0.1) is 3.57 Å². The summed E-state index contributed by atoms with van der Waals surface area (Å²) in [5.74, 6) is -1.83. The largest absolute Gasteiger partial charge is 0.573 e. The lowest BCUT2D eigenvalue weighted by molar-refractivity contribution is -0.393. The maximum absolute atomic E-state index is 12.0. The summed E-state index contributed by atoms with van der Waals surface area (Å²) in [6.45, 7) is 1.47. The van der Waals surface area contributed by atoms with Gasteiger partial charge in [0.15, 0.2) is 0 Å². The Morgan fingerprint density at radius 2 is 2.12 bits per heavy atom. The van der Waals surface area contributed by atoms with Crippen LogP contribution in [0.3, 0.4) is 0 Å². The topological polar surface area (TPSA) is 65.3 Å². The molecule has 0 radical (unpaired) electrons. The van der Waals surface area contributed by atoms with Crippen LogP contribution in [0.1, 0.15) is 5.56 Å². The molecule has 1 heterocycles. The van der Waals surface area contributed by atoms with E-state index in [0.717, 1.165) is 6.20 Å². The zero-order chi connectivity index (χ0) is 12.5. The molecule has 16 heavy (non-hydrogen) atoms. The minimum atomic E-state index is -4.99. The van der Waals surface area contributed by atoms with E-state index in [9.17, 15) is 23.3 Å². The van der Waals surface area contributed by atoms with Gasteiger partial charge in [0.1, 0.15) is 6.20 Å². The van der Waals surface area contributed by atoms with Crippen LogP contribution >= 0.6 is 22.6 Å². The average Bonchev–Trinajstić information content (AvgIpc) is 2.10. The molecular formula is C7H4F3IN2O3. The van der Waals surface area contributed by atoms with Gasteiger partial charge in [-0.3, -0.25) is 0 Å². The molecule has 0 aliphatic rings.